The van der Waals surface area contributed by atoms with Crippen LogP contribution in [0.15, 0.2) is 46.6 Å². The molecule has 0 saturated heterocycles. The maximum absolute atomic E-state index is 14.4. The van der Waals surface area contributed by atoms with Gasteiger partial charge < -0.3 is 16.5 Å². The number of carbonyl (C=O) groups excluding carboxylic acids is 1. The molecule has 1 atom stereocenters. The Labute approximate surface area is 189 Å². The minimum atomic E-state index is -4.94. The van der Waals surface area contributed by atoms with Crippen molar-refractivity contribution >= 4 is 29.5 Å². The summed E-state index contributed by atoms with van der Waals surface area (Å²) in [7, 11) is 0. The van der Waals surface area contributed by atoms with Crippen molar-refractivity contribution in [2.75, 3.05) is 11.1 Å². The second-order valence-electron chi connectivity index (χ2n) is 7.19. The zero-order valence-electron chi connectivity index (χ0n) is 17.5. The maximum Gasteiger partial charge on any atom is 0.419 e. The van der Waals surface area contributed by atoms with Crippen molar-refractivity contribution in [2.24, 2.45) is 16.7 Å². The highest BCUT2D eigenvalue weighted by Gasteiger charge is 2.38. The summed E-state index contributed by atoms with van der Waals surface area (Å²) in [4.78, 5) is 17.2. The Morgan fingerprint density at radius 3 is 2.44 bits per heavy atom. The van der Waals surface area contributed by atoms with Crippen LogP contribution >= 0.6 is 0 Å². The lowest BCUT2D eigenvalue weighted by atomic mass is 9.93. The molecule has 0 radical (unpaired) electrons. The molecule has 0 aliphatic carbocycles. The van der Waals surface area contributed by atoms with Crippen LogP contribution in [0.1, 0.15) is 29.7 Å². The first-order valence-corrected chi connectivity index (χ1v) is 9.46. The lowest BCUT2D eigenvalue weighted by Gasteiger charge is -2.35. The lowest BCUT2D eigenvalue weighted by molar-refractivity contribution is -0.140. The third-order valence-electron chi connectivity index (χ3n) is 5.02. The number of hydrogen-bond donors (Lipinski definition) is 6. The van der Waals surface area contributed by atoms with Crippen molar-refractivity contribution in [3.8, 4) is 0 Å². The highest BCUT2D eigenvalue weighted by Crippen LogP contribution is 2.37. The summed E-state index contributed by atoms with van der Waals surface area (Å²) in [6.07, 6.45) is -4.08. The number of nitrogens with two attached hydrogens (primary N) is 3. The molecule has 1 heterocycles. The summed E-state index contributed by atoms with van der Waals surface area (Å²) in [5.74, 6) is 7.81. The molecule has 0 saturated carbocycles. The number of benzene rings is 2. The van der Waals surface area contributed by atoms with Gasteiger partial charge in [0.25, 0.3) is 5.91 Å². The number of nitrogens with zero attached hydrogens (tertiary/aromatic N) is 2. The zero-order chi connectivity index (χ0) is 25.4. The summed E-state index contributed by atoms with van der Waals surface area (Å²) in [5.41, 5.74) is 5.74. The van der Waals surface area contributed by atoms with Crippen LogP contribution in [0.25, 0.3) is 0 Å². The lowest BCUT2D eigenvalue weighted by Crippen LogP contribution is -2.53. The van der Waals surface area contributed by atoms with Crippen LogP contribution in [0.2, 0.25) is 0 Å². The molecule has 9 nitrogen and oxygen atoms in total. The monoisotopic (exact) mass is 482 g/mol. The van der Waals surface area contributed by atoms with Crippen LogP contribution in [0.4, 0.5) is 33.3 Å². The molecule has 14 heteroatoms. The minimum Gasteiger partial charge on any atom is -0.398 e. The van der Waals surface area contributed by atoms with Gasteiger partial charge in [-0.2, -0.15) is 13.2 Å². The van der Waals surface area contributed by atoms with E-state index in [1.807, 2.05) is 0 Å². The van der Waals surface area contributed by atoms with Crippen LogP contribution in [0.5, 0.6) is 0 Å². The van der Waals surface area contributed by atoms with Crippen molar-refractivity contribution in [1.29, 1.82) is 5.41 Å². The average Bonchev–Trinajstić information content (AvgIpc) is 2.75. The van der Waals surface area contributed by atoms with Crippen LogP contribution < -0.4 is 28.2 Å². The van der Waals surface area contributed by atoms with Gasteiger partial charge in [0.2, 0.25) is 5.96 Å². The predicted molar refractivity (Wildman–Crippen MR) is 115 cm³/mol. The molecule has 0 bridgehead atoms. The molecule has 2 aromatic carbocycles. The van der Waals surface area contributed by atoms with E-state index >= 15 is 0 Å². The quantitative estimate of drug-likeness (QED) is 0.129. The number of hydrogen-bond acceptors (Lipinski definition) is 8. The number of anilines is 2. The number of halogens is 5. The van der Waals surface area contributed by atoms with Gasteiger partial charge in [-0.05, 0) is 36.8 Å². The number of hydrazine groups is 2. The maximum atomic E-state index is 14.4. The molecule has 0 fully saturated rings. The molecule has 1 amide bonds. The Balaban J connectivity index is 2.09. The zero-order valence-corrected chi connectivity index (χ0v) is 17.5. The molecule has 0 aromatic heterocycles. The van der Waals surface area contributed by atoms with E-state index in [2.05, 4.69) is 15.7 Å². The van der Waals surface area contributed by atoms with Crippen molar-refractivity contribution in [3.05, 3.63) is 69.9 Å². The summed E-state index contributed by atoms with van der Waals surface area (Å²) in [5, 5.41) is 10.5. The molecule has 180 valence electrons. The largest absolute Gasteiger partial charge is 0.419 e. The summed E-state index contributed by atoms with van der Waals surface area (Å²) < 4.78 is 67.7. The summed E-state index contributed by atoms with van der Waals surface area (Å²) in [6, 6.07) is 2.74. The van der Waals surface area contributed by atoms with Crippen LogP contribution in [-0.4, -0.2) is 23.1 Å². The van der Waals surface area contributed by atoms with Crippen LogP contribution in [-0.2, 0) is 11.0 Å². The second kappa shape index (κ2) is 9.07. The third kappa shape index (κ3) is 4.53. The number of nitrogens with one attached hydrogen (secondary N) is 3. The number of alkyl halides is 3. The number of rotatable bonds is 4. The van der Waals surface area contributed by atoms with Crippen LogP contribution in [0.3, 0.4) is 0 Å². The fraction of sp³-hybridized carbons (Fsp3) is 0.150. The smallest absolute Gasteiger partial charge is 0.398 e. The first kappa shape index (κ1) is 24.6. The second-order valence-corrected chi connectivity index (χ2v) is 7.19. The standard InChI is InChI=1S/C20H19F5N8O/c1-8-16(18(34)31-15-5-10(7-26)14(27)6-13(15)22)17(33(29)19(30-8)32-28)9-2-3-11(12(21)4-9)20(23,24)25/h2-7,17,26H,27-29H2,1H3,(H,30,32)(H,31,34). The third-order valence-corrected chi connectivity index (χ3v) is 5.02. The highest BCUT2D eigenvalue weighted by atomic mass is 19.4. The molecule has 2 aromatic rings. The Bertz CT molecular complexity index is 1220. The molecule has 0 spiro atoms. The molecular weight excluding hydrogens is 463 g/mol. The van der Waals surface area contributed by atoms with Crippen molar-refractivity contribution < 1.29 is 26.7 Å². The molecule has 34 heavy (non-hydrogen) atoms. The van der Waals surface area contributed by atoms with Crippen molar-refractivity contribution in [3.63, 3.8) is 0 Å². The Morgan fingerprint density at radius 1 is 1.21 bits per heavy atom. The van der Waals surface area contributed by atoms with E-state index in [9.17, 15) is 26.7 Å². The fourth-order valence-corrected chi connectivity index (χ4v) is 3.41. The highest BCUT2D eigenvalue weighted by molar-refractivity contribution is 6.07. The first-order valence-electron chi connectivity index (χ1n) is 9.46. The first-order chi connectivity index (χ1) is 15.9. The van der Waals surface area contributed by atoms with Crippen molar-refractivity contribution in [2.45, 2.75) is 19.1 Å². The predicted octanol–water partition coefficient (Wildman–Crippen LogP) is 2.53. The van der Waals surface area contributed by atoms with Gasteiger partial charge in [-0.15, -0.1) is 0 Å². The van der Waals surface area contributed by atoms with Gasteiger partial charge in [0, 0.05) is 17.5 Å². The number of aliphatic imine (C=N–C) groups is 1. The number of nitrogen functional groups attached to an aromatic ring is 1. The van der Waals surface area contributed by atoms with Gasteiger partial charge in [-0.25, -0.2) is 25.5 Å². The average molecular weight is 482 g/mol. The Hall–Kier alpha value is -4.04. The number of guanidine groups is 1. The fourth-order valence-electron chi connectivity index (χ4n) is 3.41. The normalized spacial score (nSPS) is 16.3. The molecular formula is C20H19F5N8O. The van der Waals surface area contributed by atoms with E-state index in [1.165, 1.54) is 6.92 Å². The van der Waals surface area contributed by atoms with Crippen LogP contribution in [0, 0.1) is 17.0 Å². The van der Waals surface area contributed by atoms with E-state index in [0.29, 0.717) is 12.1 Å². The van der Waals surface area contributed by atoms with E-state index in [4.69, 9.17) is 22.8 Å². The molecule has 1 aliphatic heterocycles. The number of carbonyl (C=O) groups is 1. The Morgan fingerprint density at radius 2 is 1.88 bits per heavy atom. The van der Waals surface area contributed by atoms with E-state index in [0.717, 1.165) is 29.4 Å². The van der Waals surface area contributed by atoms with Gasteiger partial charge in [-0.3, -0.25) is 15.2 Å². The molecule has 1 unspecified atom stereocenters. The van der Waals surface area contributed by atoms with Gasteiger partial charge in [0.1, 0.15) is 17.7 Å². The summed E-state index contributed by atoms with van der Waals surface area (Å²) in [6.45, 7) is 1.38. The van der Waals surface area contributed by atoms with Gasteiger partial charge in [0.15, 0.2) is 0 Å². The number of amides is 1. The van der Waals surface area contributed by atoms with E-state index < -0.39 is 35.3 Å². The Kier molecular flexibility index (Phi) is 6.56. The minimum absolute atomic E-state index is 0.0283. The van der Waals surface area contributed by atoms with Gasteiger partial charge in [-0.1, -0.05) is 6.07 Å². The topological polar surface area (TPSA) is 159 Å². The molecule has 1 aliphatic rings. The molecule has 3 rings (SSSR count). The summed E-state index contributed by atoms with van der Waals surface area (Å²) >= 11 is 0. The van der Waals surface area contributed by atoms with E-state index in [-0.39, 0.29) is 39.7 Å². The number of allylic oxidation sites excluding steroid dienone is 1. The van der Waals surface area contributed by atoms with Gasteiger partial charge >= 0.3 is 6.18 Å². The van der Waals surface area contributed by atoms with Crippen molar-refractivity contribution in [1.82, 2.24) is 10.4 Å². The van der Waals surface area contributed by atoms with E-state index in [1.54, 1.807) is 0 Å². The SMILES string of the molecule is CC1=C(C(=O)Nc2cc(C=N)c(N)cc2F)C(c2ccc(C(F)(F)F)c(F)c2)N(N)C(NN)=N1. The molecule has 9 N–H and O–H groups in total. The van der Waals surface area contributed by atoms with Gasteiger partial charge in [0.05, 0.1) is 22.5 Å².